The van der Waals surface area contributed by atoms with Crippen LogP contribution in [0.15, 0.2) is 12.3 Å². The first kappa shape index (κ1) is 10.4. The van der Waals surface area contributed by atoms with E-state index in [9.17, 15) is 0 Å². The molecule has 0 N–H and O–H groups in total. The summed E-state index contributed by atoms with van der Waals surface area (Å²) in [6.07, 6.45) is 7.29. The molecule has 2 rings (SSSR count). The summed E-state index contributed by atoms with van der Waals surface area (Å²) in [5.41, 5.74) is 0. The van der Waals surface area contributed by atoms with E-state index in [1.165, 1.54) is 19.3 Å². The first-order valence-electron chi connectivity index (χ1n) is 5.03. The van der Waals surface area contributed by atoms with Gasteiger partial charge in [0.15, 0.2) is 0 Å². The highest BCUT2D eigenvalue weighted by atomic mass is 127. The molecule has 0 saturated heterocycles. The minimum Gasteiger partial charge on any atom is -0.381 e. The van der Waals surface area contributed by atoms with E-state index in [-0.39, 0.29) is 0 Å². The molecule has 1 aromatic heterocycles. The Bertz CT molecular complexity index is 300. The number of hydrogen-bond acceptors (Lipinski definition) is 2. The molecular formula is C10H15IN2O. The number of aromatic nitrogens is 2. The number of nitrogens with zero attached hydrogens (tertiary/aromatic N) is 2. The number of methoxy groups -OCH3 is 1. The number of rotatable bonds is 2. The van der Waals surface area contributed by atoms with E-state index in [4.69, 9.17) is 4.74 Å². The fourth-order valence-corrected chi connectivity index (χ4v) is 2.50. The molecule has 0 spiro atoms. The molecule has 1 fully saturated rings. The number of halogens is 1. The third-order valence-electron chi connectivity index (χ3n) is 2.88. The van der Waals surface area contributed by atoms with Crippen molar-refractivity contribution in [2.24, 2.45) is 0 Å². The second kappa shape index (κ2) is 4.61. The number of hydrogen-bond donors (Lipinski definition) is 0. The molecule has 1 heterocycles. The largest absolute Gasteiger partial charge is 0.381 e. The average Bonchev–Trinajstić information content (AvgIpc) is 2.65. The SMILES string of the molecule is COC1CCCC(n2ccc(I)n2)C1. The molecular weight excluding hydrogens is 291 g/mol. The van der Waals surface area contributed by atoms with Crippen LogP contribution in [0.25, 0.3) is 0 Å². The Morgan fingerprint density at radius 3 is 3.07 bits per heavy atom. The molecule has 3 nitrogen and oxygen atoms in total. The van der Waals surface area contributed by atoms with Gasteiger partial charge in [0.05, 0.1) is 12.1 Å². The van der Waals surface area contributed by atoms with Gasteiger partial charge in [0.1, 0.15) is 3.70 Å². The van der Waals surface area contributed by atoms with Crippen LogP contribution in [0.2, 0.25) is 0 Å². The molecule has 2 atom stereocenters. The third kappa shape index (κ3) is 2.28. The average molecular weight is 306 g/mol. The van der Waals surface area contributed by atoms with Gasteiger partial charge in [0, 0.05) is 13.3 Å². The normalized spacial score (nSPS) is 27.9. The quantitative estimate of drug-likeness (QED) is 0.785. The van der Waals surface area contributed by atoms with Crippen molar-refractivity contribution in [3.8, 4) is 0 Å². The monoisotopic (exact) mass is 306 g/mol. The first-order chi connectivity index (χ1) is 6.79. The van der Waals surface area contributed by atoms with Crippen molar-refractivity contribution < 1.29 is 4.74 Å². The first-order valence-corrected chi connectivity index (χ1v) is 6.11. The maximum Gasteiger partial charge on any atom is 0.123 e. The van der Waals surface area contributed by atoms with Crippen LogP contribution in [0.1, 0.15) is 31.7 Å². The fourth-order valence-electron chi connectivity index (χ4n) is 2.09. The molecule has 0 aliphatic heterocycles. The van der Waals surface area contributed by atoms with E-state index < -0.39 is 0 Å². The van der Waals surface area contributed by atoms with E-state index in [1.54, 1.807) is 7.11 Å². The molecule has 2 unspecified atom stereocenters. The van der Waals surface area contributed by atoms with Crippen molar-refractivity contribution >= 4 is 22.6 Å². The molecule has 0 bridgehead atoms. The summed E-state index contributed by atoms with van der Waals surface area (Å²) in [6.45, 7) is 0. The highest BCUT2D eigenvalue weighted by Gasteiger charge is 2.23. The van der Waals surface area contributed by atoms with Gasteiger partial charge >= 0.3 is 0 Å². The lowest BCUT2D eigenvalue weighted by Gasteiger charge is -2.28. The number of ether oxygens (including phenoxy) is 1. The topological polar surface area (TPSA) is 27.1 Å². The lowest BCUT2D eigenvalue weighted by Crippen LogP contribution is -2.24. The van der Waals surface area contributed by atoms with E-state index in [0.717, 1.165) is 10.1 Å². The molecule has 1 aliphatic rings. The van der Waals surface area contributed by atoms with Crippen LogP contribution < -0.4 is 0 Å². The molecule has 0 amide bonds. The smallest absolute Gasteiger partial charge is 0.123 e. The zero-order valence-corrected chi connectivity index (χ0v) is 10.5. The third-order valence-corrected chi connectivity index (χ3v) is 3.46. The zero-order valence-electron chi connectivity index (χ0n) is 8.32. The molecule has 0 aromatic carbocycles. The highest BCUT2D eigenvalue weighted by Crippen LogP contribution is 2.29. The van der Waals surface area contributed by atoms with Crippen LogP contribution in [0.4, 0.5) is 0 Å². The molecule has 78 valence electrons. The molecule has 1 aliphatic carbocycles. The zero-order chi connectivity index (χ0) is 9.97. The summed E-state index contributed by atoms with van der Waals surface area (Å²) in [5, 5.41) is 4.45. The second-order valence-electron chi connectivity index (χ2n) is 3.80. The summed E-state index contributed by atoms with van der Waals surface area (Å²) in [6, 6.07) is 2.59. The van der Waals surface area contributed by atoms with Crippen molar-refractivity contribution in [3.05, 3.63) is 16.0 Å². The van der Waals surface area contributed by atoms with Crippen LogP contribution >= 0.6 is 22.6 Å². The Hall–Kier alpha value is -0.100. The highest BCUT2D eigenvalue weighted by molar-refractivity contribution is 14.1. The van der Waals surface area contributed by atoms with Crippen LogP contribution in [0.3, 0.4) is 0 Å². The van der Waals surface area contributed by atoms with Crippen LogP contribution in [0, 0.1) is 3.70 Å². The van der Waals surface area contributed by atoms with Crippen molar-refractivity contribution in [1.82, 2.24) is 9.78 Å². The van der Waals surface area contributed by atoms with Crippen LogP contribution in [0.5, 0.6) is 0 Å². The summed E-state index contributed by atoms with van der Waals surface area (Å²) in [5.74, 6) is 0. The van der Waals surface area contributed by atoms with Crippen molar-refractivity contribution in [3.63, 3.8) is 0 Å². The molecule has 1 aromatic rings. The molecule has 1 saturated carbocycles. The second-order valence-corrected chi connectivity index (χ2v) is 4.90. The predicted octanol–water partition coefficient (Wildman–Crippen LogP) is 2.62. The Balaban J connectivity index is 2.04. The minimum atomic E-state index is 0.426. The van der Waals surface area contributed by atoms with E-state index in [0.29, 0.717) is 12.1 Å². The van der Waals surface area contributed by atoms with Gasteiger partial charge < -0.3 is 4.74 Å². The van der Waals surface area contributed by atoms with Gasteiger partial charge in [-0.25, -0.2) is 0 Å². The van der Waals surface area contributed by atoms with Gasteiger partial charge in [-0.2, -0.15) is 5.10 Å². The summed E-state index contributed by atoms with van der Waals surface area (Å²) in [7, 11) is 1.81. The molecule has 0 radical (unpaired) electrons. The summed E-state index contributed by atoms with van der Waals surface area (Å²) < 4.78 is 8.57. The van der Waals surface area contributed by atoms with Crippen LogP contribution in [-0.2, 0) is 4.74 Å². The van der Waals surface area contributed by atoms with Crippen molar-refractivity contribution in [2.45, 2.75) is 37.8 Å². The van der Waals surface area contributed by atoms with Gasteiger partial charge in [0.25, 0.3) is 0 Å². The van der Waals surface area contributed by atoms with Gasteiger partial charge in [-0.1, -0.05) is 0 Å². The summed E-state index contributed by atoms with van der Waals surface area (Å²) in [4.78, 5) is 0. The van der Waals surface area contributed by atoms with Gasteiger partial charge in [-0.15, -0.1) is 0 Å². The standard InChI is InChI=1S/C10H15IN2O/c1-14-9-4-2-3-8(7-9)13-6-5-10(11)12-13/h5-6,8-9H,2-4,7H2,1H3. The van der Waals surface area contributed by atoms with E-state index >= 15 is 0 Å². The lowest BCUT2D eigenvalue weighted by molar-refractivity contribution is 0.0507. The fraction of sp³-hybridized carbons (Fsp3) is 0.700. The van der Waals surface area contributed by atoms with E-state index in [2.05, 4.69) is 44.6 Å². The maximum atomic E-state index is 5.41. The van der Waals surface area contributed by atoms with Gasteiger partial charge in [-0.3, -0.25) is 4.68 Å². The Morgan fingerprint density at radius 2 is 2.43 bits per heavy atom. The van der Waals surface area contributed by atoms with Crippen molar-refractivity contribution in [2.75, 3.05) is 7.11 Å². The Kier molecular flexibility index (Phi) is 3.43. The predicted molar refractivity (Wildman–Crippen MR) is 63.2 cm³/mol. The molecule has 14 heavy (non-hydrogen) atoms. The van der Waals surface area contributed by atoms with Gasteiger partial charge in [-0.05, 0) is 54.3 Å². The van der Waals surface area contributed by atoms with Gasteiger partial charge in [0.2, 0.25) is 0 Å². The minimum absolute atomic E-state index is 0.426. The Labute approximate surface area is 98.0 Å². The van der Waals surface area contributed by atoms with E-state index in [1.807, 2.05) is 0 Å². The Morgan fingerprint density at radius 1 is 1.57 bits per heavy atom. The lowest BCUT2D eigenvalue weighted by atomic mass is 9.93. The summed E-state index contributed by atoms with van der Waals surface area (Å²) >= 11 is 2.25. The van der Waals surface area contributed by atoms with Crippen LogP contribution in [-0.4, -0.2) is 23.0 Å². The maximum absolute atomic E-state index is 5.41. The van der Waals surface area contributed by atoms with Crippen molar-refractivity contribution in [1.29, 1.82) is 0 Å². The molecule has 4 heteroatoms.